The van der Waals surface area contributed by atoms with E-state index in [9.17, 15) is 19.1 Å². The van der Waals surface area contributed by atoms with Crippen LogP contribution in [0, 0.1) is 5.82 Å². The summed E-state index contributed by atoms with van der Waals surface area (Å²) in [5.41, 5.74) is 1.01. The first-order valence-corrected chi connectivity index (χ1v) is 9.58. The SMILES string of the molecule is O=C1NC(=O)C(Cn2cc3ccc(F)cc3c2O)(c2ccc(-c3ccncc3)cc2)N1. The Morgan fingerprint density at radius 3 is 2.39 bits per heavy atom. The number of amides is 3. The highest BCUT2D eigenvalue weighted by Crippen LogP contribution is 2.34. The fourth-order valence-corrected chi connectivity index (χ4v) is 3.98. The van der Waals surface area contributed by atoms with Crippen LogP contribution in [-0.4, -0.2) is 26.6 Å². The zero-order valence-corrected chi connectivity index (χ0v) is 16.2. The van der Waals surface area contributed by atoms with Crippen LogP contribution in [0.25, 0.3) is 21.9 Å². The quantitative estimate of drug-likeness (QED) is 0.445. The first-order valence-electron chi connectivity index (χ1n) is 9.58. The van der Waals surface area contributed by atoms with E-state index in [1.807, 2.05) is 24.3 Å². The fourth-order valence-electron chi connectivity index (χ4n) is 3.98. The number of hydrogen-bond acceptors (Lipinski definition) is 4. The van der Waals surface area contributed by atoms with Crippen molar-refractivity contribution in [2.24, 2.45) is 0 Å². The van der Waals surface area contributed by atoms with Gasteiger partial charge in [0.25, 0.3) is 5.91 Å². The van der Waals surface area contributed by atoms with Crippen molar-refractivity contribution in [2.75, 3.05) is 0 Å². The number of rotatable bonds is 4. The van der Waals surface area contributed by atoms with Gasteiger partial charge in [0.05, 0.1) is 6.54 Å². The predicted molar refractivity (Wildman–Crippen MR) is 112 cm³/mol. The summed E-state index contributed by atoms with van der Waals surface area (Å²) in [7, 11) is 0. The minimum absolute atomic E-state index is 0.0681. The summed E-state index contributed by atoms with van der Waals surface area (Å²) in [6.45, 7) is -0.0681. The molecule has 7 nitrogen and oxygen atoms in total. The van der Waals surface area contributed by atoms with Gasteiger partial charge in [0.2, 0.25) is 0 Å². The van der Waals surface area contributed by atoms with Crippen LogP contribution in [0.5, 0.6) is 5.88 Å². The maximum absolute atomic E-state index is 13.6. The van der Waals surface area contributed by atoms with E-state index in [0.717, 1.165) is 11.1 Å². The largest absolute Gasteiger partial charge is 0.494 e. The van der Waals surface area contributed by atoms with Crippen LogP contribution in [0.3, 0.4) is 0 Å². The molecule has 2 aromatic carbocycles. The van der Waals surface area contributed by atoms with Crippen molar-refractivity contribution in [3.63, 3.8) is 0 Å². The van der Waals surface area contributed by atoms with Crippen molar-refractivity contribution < 1.29 is 19.1 Å². The molecule has 0 spiro atoms. The Morgan fingerprint density at radius 2 is 1.71 bits per heavy atom. The van der Waals surface area contributed by atoms with Crippen LogP contribution in [0.1, 0.15) is 5.56 Å². The summed E-state index contributed by atoms with van der Waals surface area (Å²) in [6, 6.07) is 14.4. The molecule has 0 bridgehead atoms. The predicted octanol–water partition coefficient (Wildman–Crippen LogP) is 3.28. The van der Waals surface area contributed by atoms with E-state index in [2.05, 4.69) is 15.6 Å². The standard InChI is InChI=1S/C23H17FN4O3/c24-18-6-3-16-12-28(20(29)19(16)11-18)13-23(21(30)26-22(31)27-23)17-4-1-14(2-5-17)15-7-9-25-10-8-15/h1-12,29H,13H2,(H2,26,27,30,31). The van der Waals surface area contributed by atoms with Crippen LogP contribution in [0.4, 0.5) is 9.18 Å². The maximum atomic E-state index is 13.6. The van der Waals surface area contributed by atoms with Crippen molar-refractivity contribution >= 4 is 22.7 Å². The number of halogens is 1. The Kier molecular flexibility index (Phi) is 4.21. The summed E-state index contributed by atoms with van der Waals surface area (Å²) in [4.78, 5) is 28.9. The lowest BCUT2D eigenvalue weighted by molar-refractivity contribution is -0.124. The second-order valence-electron chi connectivity index (χ2n) is 7.44. The minimum atomic E-state index is -1.43. The Hall–Kier alpha value is -4.20. The molecule has 1 unspecified atom stereocenters. The van der Waals surface area contributed by atoms with Gasteiger partial charge >= 0.3 is 6.03 Å². The van der Waals surface area contributed by atoms with E-state index in [4.69, 9.17) is 0 Å². The fraction of sp³-hybridized carbons (Fsp3) is 0.0870. The molecule has 3 heterocycles. The van der Waals surface area contributed by atoms with E-state index in [1.165, 1.54) is 16.7 Å². The number of pyridine rings is 1. The second-order valence-corrected chi connectivity index (χ2v) is 7.44. The molecule has 1 aliphatic rings. The molecule has 8 heteroatoms. The molecule has 4 aromatic rings. The zero-order valence-electron chi connectivity index (χ0n) is 16.2. The number of aromatic hydroxyl groups is 1. The number of nitrogens with one attached hydrogen (secondary N) is 2. The Bertz CT molecular complexity index is 1320. The molecule has 1 saturated heterocycles. The first kappa shape index (κ1) is 18.8. The van der Waals surface area contributed by atoms with Crippen LogP contribution in [-0.2, 0) is 16.9 Å². The van der Waals surface area contributed by atoms with E-state index in [-0.39, 0.29) is 12.4 Å². The van der Waals surface area contributed by atoms with E-state index in [1.54, 1.807) is 36.8 Å². The van der Waals surface area contributed by atoms with Crippen molar-refractivity contribution in [1.29, 1.82) is 0 Å². The molecule has 31 heavy (non-hydrogen) atoms. The summed E-state index contributed by atoms with van der Waals surface area (Å²) < 4.78 is 15.1. The van der Waals surface area contributed by atoms with Gasteiger partial charge < -0.3 is 15.0 Å². The highest BCUT2D eigenvalue weighted by Gasteiger charge is 2.48. The zero-order chi connectivity index (χ0) is 21.6. The third-order valence-electron chi connectivity index (χ3n) is 5.56. The molecule has 0 aliphatic carbocycles. The third kappa shape index (κ3) is 3.09. The summed E-state index contributed by atoms with van der Waals surface area (Å²) in [5.74, 6) is -1.19. The number of fused-ring (bicyclic) bond motifs is 1. The topological polar surface area (TPSA) is 96.2 Å². The van der Waals surface area contributed by atoms with Gasteiger partial charge in [-0.3, -0.25) is 15.1 Å². The van der Waals surface area contributed by atoms with Crippen molar-refractivity contribution in [2.45, 2.75) is 12.1 Å². The van der Waals surface area contributed by atoms with Gasteiger partial charge in [-0.2, -0.15) is 0 Å². The van der Waals surface area contributed by atoms with E-state index < -0.39 is 23.3 Å². The van der Waals surface area contributed by atoms with Crippen LogP contribution < -0.4 is 10.6 Å². The number of carbonyl (C=O) groups excluding carboxylic acids is 2. The molecule has 0 radical (unpaired) electrons. The van der Waals surface area contributed by atoms with Crippen LogP contribution in [0.2, 0.25) is 0 Å². The average Bonchev–Trinajstić information content (AvgIpc) is 3.24. The molecule has 1 aliphatic heterocycles. The number of benzene rings is 2. The monoisotopic (exact) mass is 416 g/mol. The van der Waals surface area contributed by atoms with Gasteiger partial charge in [-0.05, 0) is 47.0 Å². The highest BCUT2D eigenvalue weighted by atomic mass is 19.1. The number of aromatic nitrogens is 2. The molecule has 0 saturated carbocycles. The minimum Gasteiger partial charge on any atom is -0.494 e. The van der Waals surface area contributed by atoms with Crippen LogP contribution >= 0.6 is 0 Å². The van der Waals surface area contributed by atoms with Gasteiger partial charge in [0.1, 0.15) is 5.82 Å². The lowest BCUT2D eigenvalue weighted by Gasteiger charge is -2.27. The van der Waals surface area contributed by atoms with Crippen molar-refractivity contribution in [1.82, 2.24) is 20.2 Å². The van der Waals surface area contributed by atoms with E-state index in [0.29, 0.717) is 16.3 Å². The number of nitrogens with zero attached hydrogens (tertiary/aromatic N) is 2. The molecule has 1 atom stereocenters. The average molecular weight is 416 g/mol. The first-order chi connectivity index (χ1) is 15.0. The van der Waals surface area contributed by atoms with Gasteiger partial charge in [0, 0.05) is 29.4 Å². The van der Waals surface area contributed by atoms with Gasteiger partial charge in [-0.1, -0.05) is 24.3 Å². The number of hydrogen-bond donors (Lipinski definition) is 3. The Morgan fingerprint density at radius 1 is 1.00 bits per heavy atom. The van der Waals surface area contributed by atoms with Crippen molar-refractivity contribution in [3.8, 4) is 17.0 Å². The number of carbonyl (C=O) groups is 2. The number of imide groups is 1. The van der Waals surface area contributed by atoms with Gasteiger partial charge in [-0.15, -0.1) is 0 Å². The van der Waals surface area contributed by atoms with Crippen molar-refractivity contribution in [3.05, 3.63) is 84.6 Å². The molecule has 3 amide bonds. The summed E-state index contributed by atoms with van der Waals surface area (Å²) in [5, 5.41) is 16.6. The molecule has 1 fully saturated rings. The lowest BCUT2D eigenvalue weighted by atomic mass is 9.88. The van der Waals surface area contributed by atoms with Gasteiger partial charge in [-0.25, -0.2) is 9.18 Å². The summed E-state index contributed by atoms with van der Waals surface area (Å²) in [6.07, 6.45) is 5.00. The Labute approximate surface area is 176 Å². The second kappa shape index (κ2) is 6.94. The van der Waals surface area contributed by atoms with E-state index >= 15 is 0 Å². The molecule has 154 valence electrons. The molecule has 3 N–H and O–H groups in total. The number of urea groups is 1. The lowest BCUT2D eigenvalue weighted by Crippen LogP contribution is -2.47. The molecule has 2 aromatic heterocycles. The maximum Gasteiger partial charge on any atom is 0.322 e. The molecular formula is C23H17FN4O3. The third-order valence-corrected chi connectivity index (χ3v) is 5.56. The molecular weight excluding hydrogens is 399 g/mol. The summed E-state index contributed by atoms with van der Waals surface area (Å²) >= 11 is 0. The smallest absolute Gasteiger partial charge is 0.322 e. The highest BCUT2D eigenvalue weighted by molar-refractivity contribution is 6.07. The Balaban J connectivity index is 1.57. The normalized spacial score (nSPS) is 18.2. The van der Waals surface area contributed by atoms with Crippen LogP contribution in [0.15, 0.2) is 73.2 Å². The van der Waals surface area contributed by atoms with Gasteiger partial charge in [0.15, 0.2) is 11.4 Å². The molecule has 5 rings (SSSR count).